The summed E-state index contributed by atoms with van der Waals surface area (Å²) in [5.41, 5.74) is 2.46. The molecule has 1 fully saturated rings. The van der Waals surface area contributed by atoms with Gasteiger partial charge in [0.2, 0.25) is 0 Å². The van der Waals surface area contributed by atoms with Crippen LogP contribution in [-0.2, 0) is 16.1 Å². The Balaban J connectivity index is 1.76. The minimum atomic E-state index is -0.503. The number of rotatable bonds is 8. The Morgan fingerprint density at radius 3 is 2.64 bits per heavy atom. The van der Waals surface area contributed by atoms with Crippen molar-refractivity contribution in [3.63, 3.8) is 0 Å². The van der Waals surface area contributed by atoms with Crippen LogP contribution in [0.25, 0.3) is 0 Å². The molecular weight excluding hydrogens is 458 g/mol. The first-order valence-corrected chi connectivity index (χ1v) is 12.3. The maximum atomic E-state index is 13.9. The Bertz CT molecular complexity index is 1250. The quantitative estimate of drug-likeness (QED) is 0.481. The number of aromatic hydroxyl groups is 1. The van der Waals surface area contributed by atoms with Gasteiger partial charge in [-0.1, -0.05) is 18.2 Å². The van der Waals surface area contributed by atoms with Crippen LogP contribution in [0.15, 0.2) is 59.7 Å². The lowest BCUT2D eigenvalue weighted by Gasteiger charge is -2.37. The van der Waals surface area contributed by atoms with Crippen molar-refractivity contribution in [1.29, 1.82) is 0 Å². The number of ether oxygens (including phenoxy) is 2. The third-order valence-electron chi connectivity index (χ3n) is 6.78. The molecule has 0 aliphatic carbocycles. The van der Waals surface area contributed by atoms with Gasteiger partial charge in [-0.2, -0.15) is 0 Å². The molecule has 3 aromatic rings. The normalized spacial score (nSPS) is 15.4. The lowest BCUT2D eigenvalue weighted by Crippen LogP contribution is -2.42. The number of carbonyl (C=O) groups excluding carboxylic acids is 1. The summed E-state index contributed by atoms with van der Waals surface area (Å²) in [6.07, 6.45) is 4.67. The van der Waals surface area contributed by atoms with Crippen molar-refractivity contribution in [2.75, 3.05) is 26.8 Å². The molecule has 1 aliphatic heterocycles. The van der Waals surface area contributed by atoms with Crippen molar-refractivity contribution in [2.24, 2.45) is 5.92 Å². The van der Waals surface area contributed by atoms with Gasteiger partial charge in [0, 0.05) is 18.1 Å². The van der Waals surface area contributed by atoms with Gasteiger partial charge in [0.15, 0.2) is 0 Å². The van der Waals surface area contributed by atoms with Crippen molar-refractivity contribution >= 4 is 5.97 Å². The van der Waals surface area contributed by atoms with Crippen LogP contribution in [0.5, 0.6) is 11.5 Å². The highest BCUT2D eigenvalue weighted by molar-refractivity contribution is 5.72. The molecule has 1 aliphatic rings. The summed E-state index contributed by atoms with van der Waals surface area (Å²) in [5.74, 6) is 0.287. The third-order valence-corrected chi connectivity index (χ3v) is 6.78. The molecule has 1 aromatic carbocycles. The van der Waals surface area contributed by atoms with Crippen LogP contribution in [0, 0.1) is 12.8 Å². The summed E-state index contributed by atoms with van der Waals surface area (Å²) < 4.78 is 12.4. The predicted octanol–water partition coefficient (Wildman–Crippen LogP) is 3.68. The number of benzene rings is 1. The van der Waals surface area contributed by atoms with E-state index in [0.29, 0.717) is 56.1 Å². The van der Waals surface area contributed by atoms with Gasteiger partial charge in [0.25, 0.3) is 5.56 Å². The second-order valence-electron chi connectivity index (χ2n) is 9.08. The average molecular weight is 492 g/mol. The number of carbonyl (C=O) groups is 1. The molecule has 0 saturated carbocycles. The van der Waals surface area contributed by atoms with Crippen molar-refractivity contribution in [3.8, 4) is 11.5 Å². The number of esters is 1. The van der Waals surface area contributed by atoms with Crippen LogP contribution in [0.1, 0.15) is 48.2 Å². The fourth-order valence-electron chi connectivity index (χ4n) is 4.92. The summed E-state index contributed by atoms with van der Waals surface area (Å²) in [6.45, 7) is 5.50. The first-order chi connectivity index (χ1) is 17.4. The fourth-order valence-corrected chi connectivity index (χ4v) is 4.92. The number of hydrogen-bond acceptors (Lipinski definition) is 7. The topological polar surface area (TPSA) is 93.9 Å². The minimum Gasteiger partial charge on any atom is -0.507 e. The summed E-state index contributed by atoms with van der Waals surface area (Å²) >= 11 is 0. The zero-order valence-electron chi connectivity index (χ0n) is 21.0. The molecule has 1 saturated heterocycles. The summed E-state index contributed by atoms with van der Waals surface area (Å²) in [4.78, 5) is 32.6. The first kappa shape index (κ1) is 25.4. The number of hydrogen-bond donors (Lipinski definition) is 1. The van der Waals surface area contributed by atoms with Gasteiger partial charge in [-0.05, 0) is 75.2 Å². The molecule has 1 N–H and O–H groups in total. The zero-order valence-corrected chi connectivity index (χ0v) is 21.0. The van der Waals surface area contributed by atoms with Crippen molar-refractivity contribution < 1.29 is 19.4 Å². The number of likely N-dealkylation sites (tertiary alicyclic amines) is 1. The Hall–Kier alpha value is -3.65. The molecule has 2 aromatic heterocycles. The van der Waals surface area contributed by atoms with Crippen LogP contribution in [0.3, 0.4) is 0 Å². The van der Waals surface area contributed by atoms with Crippen LogP contribution < -0.4 is 10.3 Å². The van der Waals surface area contributed by atoms with Crippen LogP contribution >= 0.6 is 0 Å². The Kier molecular flexibility index (Phi) is 8.05. The van der Waals surface area contributed by atoms with Gasteiger partial charge in [0.05, 0.1) is 37.8 Å². The summed E-state index contributed by atoms with van der Waals surface area (Å²) in [5, 5.41) is 11.1. The van der Waals surface area contributed by atoms with E-state index in [1.807, 2.05) is 50.2 Å². The van der Waals surface area contributed by atoms with E-state index >= 15 is 0 Å². The molecule has 0 amide bonds. The predicted molar refractivity (Wildman–Crippen MR) is 136 cm³/mol. The van der Waals surface area contributed by atoms with Gasteiger partial charge < -0.3 is 19.1 Å². The van der Waals surface area contributed by atoms with Crippen molar-refractivity contribution in [3.05, 3.63) is 87.6 Å². The Morgan fingerprint density at radius 1 is 1.19 bits per heavy atom. The van der Waals surface area contributed by atoms with Gasteiger partial charge in [-0.25, -0.2) is 0 Å². The van der Waals surface area contributed by atoms with E-state index in [2.05, 4.69) is 9.88 Å². The van der Waals surface area contributed by atoms with E-state index in [4.69, 9.17) is 9.47 Å². The standard InChI is InChI=1S/C28H33N3O5/c1-4-36-28(34)21-10-13-30(14-11-21)26(22-8-5-9-23(16-22)35-3)25-24(32)15-19(2)31(27(25)33)18-20-7-6-12-29-17-20/h5-9,12,15-17,21,26,32H,4,10-11,13-14,18H2,1-3H3/t26-/m1/s1. The lowest BCUT2D eigenvalue weighted by molar-refractivity contribution is -0.149. The molecule has 3 heterocycles. The first-order valence-electron chi connectivity index (χ1n) is 12.3. The van der Waals surface area contributed by atoms with Crippen LogP contribution in [-0.4, -0.2) is 52.3 Å². The Morgan fingerprint density at radius 2 is 1.97 bits per heavy atom. The average Bonchev–Trinajstić information content (AvgIpc) is 2.90. The number of piperidine rings is 1. The van der Waals surface area contributed by atoms with E-state index in [1.54, 1.807) is 30.1 Å². The highest BCUT2D eigenvalue weighted by Crippen LogP contribution is 2.36. The number of nitrogens with zero attached hydrogens (tertiary/aromatic N) is 3. The molecule has 0 spiro atoms. The largest absolute Gasteiger partial charge is 0.507 e. The Labute approximate surface area is 211 Å². The number of aromatic nitrogens is 2. The van der Waals surface area contributed by atoms with Gasteiger partial charge in [-0.3, -0.25) is 19.5 Å². The van der Waals surface area contributed by atoms with Crippen molar-refractivity contribution in [1.82, 2.24) is 14.5 Å². The van der Waals surface area contributed by atoms with E-state index in [-0.39, 0.29) is 23.2 Å². The van der Waals surface area contributed by atoms with Gasteiger partial charge in [-0.15, -0.1) is 0 Å². The molecule has 4 rings (SSSR count). The lowest BCUT2D eigenvalue weighted by atomic mass is 9.91. The second kappa shape index (κ2) is 11.4. The van der Waals surface area contributed by atoms with Crippen molar-refractivity contribution in [2.45, 2.75) is 39.3 Å². The van der Waals surface area contributed by atoms with Gasteiger partial charge in [0.1, 0.15) is 11.5 Å². The number of aryl methyl sites for hydroxylation is 1. The smallest absolute Gasteiger partial charge is 0.309 e. The third kappa shape index (κ3) is 5.44. The second-order valence-corrected chi connectivity index (χ2v) is 9.08. The molecule has 0 radical (unpaired) electrons. The maximum Gasteiger partial charge on any atom is 0.309 e. The zero-order chi connectivity index (χ0) is 25.7. The monoisotopic (exact) mass is 491 g/mol. The maximum absolute atomic E-state index is 13.9. The molecule has 8 nitrogen and oxygen atoms in total. The SMILES string of the molecule is CCOC(=O)C1CCN([C@H](c2cccc(OC)c2)c2c(O)cc(C)n(Cc3cccnc3)c2=O)CC1. The molecule has 1 atom stereocenters. The highest BCUT2D eigenvalue weighted by Gasteiger charge is 2.34. The number of methoxy groups -OCH3 is 1. The molecule has 8 heteroatoms. The van der Waals surface area contributed by atoms with Gasteiger partial charge >= 0.3 is 5.97 Å². The molecule has 0 unspecified atom stereocenters. The number of pyridine rings is 2. The summed E-state index contributed by atoms with van der Waals surface area (Å²) in [7, 11) is 1.60. The minimum absolute atomic E-state index is 0.0414. The fraction of sp³-hybridized carbons (Fsp3) is 0.393. The van der Waals surface area contributed by atoms with Crippen LogP contribution in [0.2, 0.25) is 0 Å². The highest BCUT2D eigenvalue weighted by atomic mass is 16.5. The molecule has 0 bridgehead atoms. The molecule has 36 heavy (non-hydrogen) atoms. The van der Waals surface area contributed by atoms with E-state index in [9.17, 15) is 14.7 Å². The van der Waals surface area contributed by atoms with E-state index in [0.717, 1.165) is 11.1 Å². The molecular formula is C28H33N3O5. The molecule has 190 valence electrons. The van der Waals surface area contributed by atoms with Crippen LogP contribution in [0.4, 0.5) is 0 Å². The summed E-state index contributed by atoms with van der Waals surface area (Å²) in [6, 6.07) is 12.5. The van der Waals surface area contributed by atoms with E-state index < -0.39 is 6.04 Å². The van der Waals surface area contributed by atoms with E-state index in [1.165, 1.54) is 0 Å².